The first-order valence-electron chi connectivity index (χ1n) is 17.3. The Balaban J connectivity index is 1.50. The highest BCUT2D eigenvalue weighted by atomic mass is 19.1. The second kappa shape index (κ2) is 16.6. The lowest BCUT2D eigenvalue weighted by Gasteiger charge is -2.36. The van der Waals surface area contributed by atoms with Gasteiger partial charge in [-0.2, -0.15) is 5.10 Å². The number of methoxy groups -OCH3 is 1. The number of aryl methyl sites for hydroxylation is 1. The molecule has 0 spiro atoms. The summed E-state index contributed by atoms with van der Waals surface area (Å²) < 4.78 is 20.9. The van der Waals surface area contributed by atoms with E-state index in [1.165, 1.54) is 19.2 Å². The summed E-state index contributed by atoms with van der Waals surface area (Å²) >= 11 is 0. The molecular weight excluding hydrogens is 637 g/mol. The molecule has 3 amide bonds. The molecule has 0 aliphatic carbocycles. The van der Waals surface area contributed by atoms with Gasteiger partial charge in [0.25, 0.3) is 11.8 Å². The summed E-state index contributed by atoms with van der Waals surface area (Å²) in [5, 5.41) is 17.9. The molecule has 0 saturated heterocycles. The second-order valence-electron chi connectivity index (χ2n) is 12.8. The molecule has 1 aliphatic heterocycles. The molecule has 4 aromatic rings. The van der Waals surface area contributed by atoms with Gasteiger partial charge in [0, 0.05) is 31.0 Å². The molecule has 0 saturated carbocycles. The number of aliphatic hydroxyl groups is 1. The Morgan fingerprint density at radius 3 is 2.38 bits per heavy atom. The lowest BCUT2D eigenvalue weighted by molar-refractivity contribution is -0.115. The van der Waals surface area contributed by atoms with Gasteiger partial charge < -0.3 is 25.0 Å². The van der Waals surface area contributed by atoms with E-state index in [4.69, 9.17) is 9.84 Å². The fraction of sp³-hybridized carbons (Fsp3) is 0.385. The number of nitrogens with zero attached hydrogens (tertiary/aromatic N) is 4. The van der Waals surface area contributed by atoms with Crippen LogP contribution in [0.5, 0.6) is 5.75 Å². The largest absolute Gasteiger partial charge is 0.494 e. The zero-order chi connectivity index (χ0) is 35.8. The number of nitrogens with one attached hydrogen (secondary N) is 1. The van der Waals surface area contributed by atoms with Crippen LogP contribution in [0.25, 0.3) is 5.69 Å². The van der Waals surface area contributed by atoms with E-state index >= 15 is 0 Å². The molecule has 1 atom stereocenters. The minimum Gasteiger partial charge on any atom is -0.494 e. The number of carbonyl (C=O) groups excluding carboxylic acids is 3. The van der Waals surface area contributed by atoms with Gasteiger partial charge in [-0.05, 0) is 79.3 Å². The predicted octanol–water partition coefficient (Wildman–Crippen LogP) is 6.11. The number of carbonyl (C=O) groups is 3. The highest BCUT2D eigenvalue weighted by Gasteiger charge is 2.32. The van der Waals surface area contributed by atoms with E-state index in [0.29, 0.717) is 48.7 Å². The molecule has 50 heavy (non-hydrogen) atoms. The Bertz CT molecular complexity index is 1830. The van der Waals surface area contributed by atoms with Gasteiger partial charge in [-0.1, -0.05) is 57.0 Å². The van der Waals surface area contributed by atoms with Crippen molar-refractivity contribution in [3.63, 3.8) is 0 Å². The average Bonchev–Trinajstić information content (AvgIpc) is 3.51. The van der Waals surface area contributed by atoms with Crippen molar-refractivity contribution < 1.29 is 28.6 Å². The van der Waals surface area contributed by atoms with Crippen LogP contribution in [0.1, 0.15) is 82.8 Å². The highest BCUT2D eigenvalue weighted by Crippen LogP contribution is 2.29. The number of fused-ring (bicyclic) bond motifs is 1. The van der Waals surface area contributed by atoms with Crippen molar-refractivity contribution >= 4 is 23.4 Å². The lowest BCUT2D eigenvalue weighted by atomic mass is 9.93. The van der Waals surface area contributed by atoms with Crippen molar-refractivity contribution in [3.8, 4) is 11.4 Å². The molecule has 11 heteroatoms. The van der Waals surface area contributed by atoms with Crippen molar-refractivity contribution in [1.29, 1.82) is 0 Å². The second-order valence-corrected chi connectivity index (χ2v) is 12.8. The summed E-state index contributed by atoms with van der Waals surface area (Å²) in [6.07, 6.45) is 4.10. The van der Waals surface area contributed by atoms with Gasteiger partial charge in [-0.15, -0.1) is 0 Å². The van der Waals surface area contributed by atoms with Crippen LogP contribution in [-0.2, 0) is 24.2 Å². The SMILES string of the molecule is CCCCN(CCCC)C(=O)c1cc(C)n(-c2ccc(NC(=O)Cc3ccc(OC)c(F)c3)cc2C(=O)N2Cc3ccccc3CC2CO)n1. The van der Waals surface area contributed by atoms with Crippen molar-refractivity contribution in [2.75, 3.05) is 32.1 Å². The molecule has 2 N–H and O–H groups in total. The number of amides is 3. The van der Waals surface area contributed by atoms with Crippen LogP contribution >= 0.6 is 0 Å². The maximum atomic E-state index is 14.5. The third-order valence-electron chi connectivity index (χ3n) is 9.10. The first kappa shape index (κ1) is 36.3. The van der Waals surface area contributed by atoms with E-state index in [2.05, 4.69) is 19.2 Å². The summed E-state index contributed by atoms with van der Waals surface area (Å²) in [5.41, 5.74) is 4.52. The van der Waals surface area contributed by atoms with Crippen LogP contribution in [0, 0.1) is 12.7 Å². The number of benzene rings is 3. The standard InChI is InChI=1S/C39H46FN5O5/c1-5-7-17-43(18-8-6-2)39(49)34-19-26(3)45(42-34)35-15-14-30(41-37(47)21-27-13-16-36(50-4)33(40)20-27)23-32(35)38(48)44-24-29-12-10-9-11-28(29)22-31(44)25-46/h9-16,19-20,23,31,46H,5-8,17-18,21-22,24-25H2,1-4H3,(H,41,47). The molecule has 0 radical (unpaired) electrons. The van der Waals surface area contributed by atoms with Crippen molar-refractivity contribution in [2.24, 2.45) is 0 Å². The number of unbranched alkanes of at least 4 members (excludes halogenated alkanes) is 2. The molecular formula is C39H46FN5O5. The van der Waals surface area contributed by atoms with E-state index in [-0.39, 0.29) is 41.8 Å². The van der Waals surface area contributed by atoms with Crippen LogP contribution in [0.3, 0.4) is 0 Å². The number of aliphatic hydroxyl groups excluding tert-OH is 1. The molecule has 264 valence electrons. The number of hydrogen-bond donors (Lipinski definition) is 2. The number of halogens is 1. The molecule has 1 aromatic heterocycles. The number of ether oxygens (including phenoxy) is 1. The first-order valence-corrected chi connectivity index (χ1v) is 17.3. The Hall–Kier alpha value is -5.03. The molecule has 2 heterocycles. The van der Waals surface area contributed by atoms with Gasteiger partial charge in [-0.3, -0.25) is 14.4 Å². The fourth-order valence-electron chi connectivity index (χ4n) is 6.32. The van der Waals surface area contributed by atoms with Gasteiger partial charge in [0.1, 0.15) is 0 Å². The first-order chi connectivity index (χ1) is 24.2. The van der Waals surface area contributed by atoms with Crippen molar-refractivity contribution in [2.45, 2.75) is 71.9 Å². The number of anilines is 1. The average molecular weight is 684 g/mol. The summed E-state index contributed by atoms with van der Waals surface area (Å²) in [4.78, 5) is 44.8. The summed E-state index contributed by atoms with van der Waals surface area (Å²) in [6, 6.07) is 18.4. The number of aromatic nitrogens is 2. The fourth-order valence-corrected chi connectivity index (χ4v) is 6.32. The Morgan fingerprint density at radius 1 is 1.00 bits per heavy atom. The van der Waals surface area contributed by atoms with Crippen LogP contribution in [-0.4, -0.2) is 75.3 Å². The van der Waals surface area contributed by atoms with Crippen LogP contribution < -0.4 is 10.1 Å². The van der Waals surface area contributed by atoms with Crippen molar-refractivity contribution in [1.82, 2.24) is 19.6 Å². The minimum atomic E-state index is -0.567. The van der Waals surface area contributed by atoms with Gasteiger partial charge in [-0.25, -0.2) is 9.07 Å². The molecule has 3 aromatic carbocycles. The Morgan fingerprint density at radius 2 is 1.72 bits per heavy atom. The zero-order valence-electron chi connectivity index (χ0n) is 29.2. The maximum Gasteiger partial charge on any atom is 0.274 e. The molecule has 0 fully saturated rings. The molecule has 1 aliphatic rings. The quantitative estimate of drug-likeness (QED) is 0.166. The van der Waals surface area contributed by atoms with Crippen LogP contribution in [0.15, 0.2) is 66.7 Å². The van der Waals surface area contributed by atoms with E-state index in [9.17, 15) is 23.9 Å². The maximum absolute atomic E-state index is 14.5. The lowest BCUT2D eigenvalue weighted by Crippen LogP contribution is -2.46. The Kier molecular flexibility index (Phi) is 12.0. The molecule has 5 rings (SSSR count). The zero-order valence-corrected chi connectivity index (χ0v) is 29.2. The summed E-state index contributed by atoms with van der Waals surface area (Å²) in [5.74, 6) is -1.39. The van der Waals surface area contributed by atoms with Gasteiger partial charge in [0.05, 0.1) is 37.4 Å². The van der Waals surface area contributed by atoms with Gasteiger partial charge >= 0.3 is 0 Å². The highest BCUT2D eigenvalue weighted by molar-refractivity contribution is 6.01. The normalized spacial score (nSPS) is 13.9. The van der Waals surface area contributed by atoms with Gasteiger partial charge in [0.15, 0.2) is 17.3 Å². The third kappa shape index (κ3) is 8.22. The van der Waals surface area contributed by atoms with E-state index in [1.54, 1.807) is 39.9 Å². The monoisotopic (exact) mass is 683 g/mol. The molecule has 1 unspecified atom stereocenters. The number of rotatable bonds is 14. The van der Waals surface area contributed by atoms with E-state index in [0.717, 1.165) is 36.8 Å². The summed E-state index contributed by atoms with van der Waals surface area (Å²) in [7, 11) is 1.37. The predicted molar refractivity (Wildman–Crippen MR) is 190 cm³/mol. The van der Waals surface area contributed by atoms with Crippen LogP contribution in [0.2, 0.25) is 0 Å². The smallest absolute Gasteiger partial charge is 0.274 e. The van der Waals surface area contributed by atoms with Gasteiger partial charge in [0.2, 0.25) is 5.91 Å². The number of hydrogen-bond acceptors (Lipinski definition) is 6. The Labute approximate surface area is 292 Å². The van der Waals surface area contributed by atoms with E-state index in [1.807, 2.05) is 36.1 Å². The molecule has 10 nitrogen and oxygen atoms in total. The molecule has 0 bridgehead atoms. The third-order valence-corrected chi connectivity index (χ3v) is 9.10. The minimum absolute atomic E-state index is 0.0859. The topological polar surface area (TPSA) is 117 Å². The van der Waals surface area contributed by atoms with Crippen LogP contribution in [0.4, 0.5) is 10.1 Å². The van der Waals surface area contributed by atoms with E-state index < -0.39 is 17.8 Å². The van der Waals surface area contributed by atoms with Crippen molar-refractivity contribution in [3.05, 3.63) is 106 Å². The summed E-state index contributed by atoms with van der Waals surface area (Å²) in [6.45, 7) is 7.36.